The molecule has 5 nitrogen and oxygen atoms in total. The number of carboxylic acids is 1. The zero-order valence-corrected chi connectivity index (χ0v) is 17.6. The molecule has 0 unspecified atom stereocenters. The summed E-state index contributed by atoms with van der Waals surface area (Å²) in [5.41, 5.74) is 3.92. The van der Waals surface area contributed by atoms with Crippen LogP contribution in [0.4, 0.5) is 0 Å². The molecule has 4 aromatic rings. The molecule has 0 saturated carbocycles. The number of rotatable bonds is 9. The predicted molar refractivity (Wildman–Crippen MR) is 122 cm³/mol. The average molecular weight is 435 g/mol. The first-order valence-electron chi connectivity index (χ1n) is 10.1. The van der Waals surface area contributed by atoms with Crippen molar-refractivity contribution in [2.45, 2.75) is 25.6 Å². The van der Waals surface area contributed by atoms with Crippen molar-refractivity contribution in [3.05, 3.63) is 101 Å². The van der Waals surface area contributed by atoms with Crippen molar-refractivity contribution in [3.63, 3.8) is 0 Å². The number of halogens is 1. The Morgan fingerprint density at radius 1 is 1.03 bits per heavy atom. The molecule has 158 valence electrons. The van der Waals surface area contributed by atoms with E-state index >= 15 is 0 Å². The fourth-order valence-corrected chi connectivity index (χ4v) is 3.77. The molecule has 1 aromatic heterocycles. The second-order valence-electron chi connectivity index (χ2n) is 7.37. The third-order valence-corrected chi connectivity index (χ3v) is 5.48. The molecule has 0 saturated heterocycles. The van der Waals surface area contributed by atoms with E-state index in [-0.39, 0.29) is 0 Å². The molecule has 1 heterocycles. The molecule has 0 spiro atoms. The van der Waals surface area contributed by atoms with Gasteiger partial charge in [0, 0.05) is 30.1 Å². The maximum Gasteiger partial charge on any atom is 0.321 e. The van der Waals surface area contributed by atoms with E-state index in [1.807, 2.05) is 72.9 Å². The highest BCUT2D eigenvalue weighted by Gasteiger charge is 2.19. The van der Waals surface area contributed by atoms with Gasteiger partial charge in [-0.1, -0.05) is 66.2 Å². The topological polar surface area (TPSA) is 74.3 Å². The lowest BCUT2D eigenvalue weighted by molar-refractivity contribution is -0.139. The van der Waals surface area contributed by atoms with Crippen LogP contribution in [0.25, 0.3) is 10.9 Å². The minimum atomic E-state index is -0.890. The molecule has 0 fully saturated rings. The van der Waals surface area contributed by atoms with Crippen molar-refractivity contribution in [2.24, 2.45) is 0 Å². The molecule has 0 aliphatic carbocycles. The van der Waals surface area contributed by atoms with Crippen LogP contribution in [0.15, 0.2) is 79.0 Å². The van der Waals surface area contributed by atoms with Crippen LogP contribution in [-0.4, -0.2) is 22.1 Å². The van der Waals surface area contributed by atoms with Crippen molar-refractivity contribution in [2.75, 3.05) is 0 Å². The third kappa shape index (κ3) is 5.26. The van der Waals surface area contributed by atoms with E-state index in [1.54, 1.807) is 6.07 Å². The molecule has 0 aliphatic heterocycles. The maximum absolute atomic E-state index is 11.8. The van der Waals surface area contributed by atoms with Crippen LogP contribution in [0, 0.1) is 0 Å². The first kappa shape index (κ1) is 21.0. The number of benzene rings is 3. The van der Waals surface area contributed by atoms with E-state index < -0.39 is 12.0 Å². The van der Waals surface area contributed by atoms with Crippen LogP contribution in [0.3, 0.4) is 0 Å². The molecule has 0 amide bonds. The Bertz CT molecular complexity index is 1170. The zero-order valence-electron chi connectivity index (χ0n) is 16.8. The maximum atomic E-state index is 11.8. The monoisotopic (exact) mass is 434 g/mol. The lowest BCUT2D eigenvalue weighted by atomic mass is 10.0. The van der Waals surface area contributed by atoms with Gasteiger partial charge < -0.3 is 20.1 Å². The molecule has 3 aromatic carbocycles. The number of H-pyrrole nitrogens is 1. The van der Waals surface area contributed by atoms with Crippen LogP contribution in [-0.2, 0) is 24.4 Å². The van der Waals surface area contributed by atoms with Crippen LogP contribution in [0.5, 0.6) is 5.75 Å². The van der Waals surface area contributed by atoms with Crippen LogP contribution >= 0.6 is 11.6 Å². The largest absolute Gasteiger partial charge is 0.487 e. The molecule has 4 rings (SSSR count). The highest BCUT2D eigenvalue weighted by atomic mass is 35.5. The van der Waals surface area contributed by atoms with Gasteiger partial charge >= 0.3 is 5.97 Å². The Kier molecular flexibility index (Phi) is 6.55. The number of para-hydroxylation sites is 1. The fourth-order valence-electron chi connectivity index (χ4n) is 3.51. The van der Waals surface area contributed by atoms with Gasteiger partial charge in [-0.2, -0.15) is 0 Å². The molecule has 3 N–H and O–H groups in total. The third-order valence-electron chi connectivity index (χ3n) is 5.18. The lowest BCUT2D eigenvalue weighted by Crippen LogP contribution is -2.38. The Balaban J connectivity index is 1.38. The lowest BCUT2D eigenvalue weighted by Gasteiger charge is -2.15. The number of carboxylic acid groups (broad SMARTS) is 1. The Labute approximate surface area is 185 Å². The molecule has 0 radical (unpaired) electrons. The number of aromatic amines is 1. The van der Waals surface area contributed by atoms with Gasteiger partial charge in [-0.05, 0) is 34.9 Å². The van der Waals surface area contributed by atoms with Crippen LogP contribution in [0.2, 0.25) is 5.02 Å². The fraction of sp³-hybridized carbons (Fsp3) is 0.160. The van der Waals surface area contributed by atoms with Gasteiger partial charge in [0.25, 0.3) is 0 Å². The van der Waals surface area contributed by atoms with Crippen molar-refractivity contribution < 1.29 is 14.6 Å². The number of hydrogen-bond acceptors (Lipinski definition) is 3. The van der Waals surface area contributed by atoms with Gasteiger partial charge in [-0.25, -0.2) is 0 Å². The molecule has 6 heteroatoms. The molecule has 0 aliphatic rings. The molecule has 31 heavy (non-hydrogen) atoms. The molecule has 1 atom stereocenters. The molecular formula is C25H23ClN2O3. The zero-order chi connectivity index (χ0) is 21.6. The van der Waals surface area contributed by atoms with E-state index in [1.165, 1.54) is 0 Å². The summed E-state index contributed by atoms with van der Waals surface area (Å²) >= 11 is 6.38. The van der Waals surface area contributed by atoms with Gasteiger partial charge in [0.05, 0.1) is 5.02 Å². The van der Waals surface area contributed by atoms with E-state index in [0.29, 0.717) is 30.3 Å². The van der Waals surface area contributed by atoms with Crippen molar-refractivity contribution in [1.82, 2.24) is 10.3 Å². The van der Waals surface area contributed by atoms with Crippen LogP contribution < -0.4 is 10.1 Å². The van der Waals surface area contributed by atoms with Gasteiger partial charge in [0.2, 0.25) is 0 Å². The summed E-state index contributed by atoms with van der Waals surface area (Å²) in [4.78, 5) is 15.0. The number of fused-ring (bicyclic) bond motifs is 1. The Morgan fingerprint density at radius 2 is 1.81 bits per heavy atom. The number of ether oxygens (including phenoxy) is 1. The second kappa shape index (κ2) is 9.69. The standard InChI is InChI=1S/C25H23ClN2O3/c26-21-12-18(10-11-24(21)31-16-17-6-2-1-3-7-17)14-27-23(25(29)30)13-19-15-28-22-9-5-4-8-20(19)22/h1-12,15,23,27-28H,13-14,16H2,(H,29,30)/t23-/m1/s1. The highest BCUT2D eigenvalue weighted by molar-refractivity contribution is 6.32. The minimum Gasteiger partial charge on any atom is -0.487 e. The minimum absolute atomic E-state index is 0.380. The van der Waals surface area contributed by atoms with Crippen molar-refractivity contribution in [1.29, 1.82) is 0 Å². The number of carbonyl (C=O) groups is 1. The summed E-state index contributed by atoms with van der Waals surface area (Å²) < 4.78 is 5.80. The van der Waals surface area contributed by atoms with Gasteiger partial charge in [0.15, 0.2) is 0 Å². The summed E-state index contributed by atoms with van der Waals surface area (Å²) in [6.45, 7) is 0.821. The SMILES string of the molecule is O=C(O)[C@@H](Cc1c[nH]c2ccccc12)NCc1ccc(OCc2ccccc2)c(Cl)c1. The normalized spacial score (nSPS) is 12.0. The van der Waals surface area contributed by atoms with Gasteiger partial charge in [-0.3, -0.25) is 4.79 Å². The smallest absolute Gasteiger partial charge is 0.321 e. The summed E-state index contributed by atoms with van der Waals surface area (Å²) in [7, 11) is 0. The van der Waals surface area contributed by atoms with Crippen molar-refractivity contribution >= 4 is 28.5 Å². The number of aliphatic carboxylic acids is 1. The van der Waals surface area contributed by atoms with Gasteiger partial charge in [-0.15, -0.1) is 0 Å². The molecule has 0 bridgehead atoms. The Hall–Kier alpha value is -3.28. The summed E-state index contributed by atoms with van der Waals surface area (Å²) in [5, 5.41) is 14.3. The predicted octanol–water partition coefficient (Wildman–Crippen LogP) is 5.19. The summed E-state index contributed by atoms with van der Waals surface area (Å²) in [6.07, 6.45) is 2.25. The van der Waals surface area contributed by atoms with E-state index in [2.05, 4.69) is 10.3 Å². The average Bonchev–Trinajstić information content (AvgIpc) is 3.19. The second-order valence-corrected chi connectivity index (χ2v) is 7.78. The first-order valence-corrected chi connectivity index (χ1v) is 10.4. The Morgan fingerprint density at radius 3 is 2.58 bits per heavy atom. The van der Waals surface area contributed by atoms with Crippen molar-refractivity contribution in [3.8, 4) is 5.75 Å². The van der Waals surface area contributed by atoms with Gasteiger partial charge in [0.1, 0.15) is 18.4 Å². The van der Waals surface area contributed by atoms with Crippen LogP contribution in [0.1, 0.15) is 16.7 Å². The number of aromatic nitrogens is 1. The summed E-state index contributed by atoms with van der Waals surface area (Å²) in [5.74, 6) is -0.290. The number of hydrogen-bond donors (Lipinski definition) is 3. The van der Waals surface area contributed by atoms with E-state index in [0.717, 1.165) is 27.6 Å². The molecular weight excluding hydrogens is 412 g/mol. The van der Waals surface area contributed by atoms with E-state index in [4.69, 9.17) is 16.3 Å². The summed E-state index contributed by atoms with van der Waals surface area (Å²) in [6, 6.07) is 22.5. The first-order chi connectivity index (χ1) is 15.1. The highest BCUT2D eigenvalue weighted by Crippen LogP contribution is 2.26. The number of nitrogens with one attached hydrogen (secondary N) is 2. The quantitative estimate of drug-likeness (QED) is 0.339. The van der Waals surface area contributed by atoms with E-state index in [9.17, 15) is 9.90 Å².